The van der Waals surface area contributed by atoms with E-state index in [1.165, 1.54) is 23.7 Å². The third-order valence-corrected chi connectivity index (χ3v) is 6.70. The van der Waals surface area contributed by atoms with Crippen LogP contribution in [-0.4, -0.2) is 50.7 Å². The quantitative estimate of drug-likeness (QED) is 0.444. The van der Waals surface area contributed by atoms with Crippen LogP contribution in [0.5, 0.6) is 5.75 Å². The Bertz CT molecular complexity index is 1400. The summed E-state index contributed by atoms with van der Waals surface area (Å²) in [5.41, 5.74) is 4.85. The van der Waals surface area contributed by atoms with Crippen molar-refractivity contribution in [1.29, 1.82) is 0 Å². The van der Waals surface area contributed by atoms with Crippen molar-refractivity contribution in [3.8, 4) is 22.6 Å². The Morgan fingerprint density at radius 3 is 2.77 bits per heavy atom. The van der Waals surface area contributed by atoms with Gasteiger partial charge in [-0.05, 0) is 56.6 Å². The molecule has 1 aliphatic rings. The van der Waals surface area contributed by atoms with Gasteiger partial charge < -0.3 is 15.3 Å². The minimum Gasteiger partial charge on any atom is -0.508 e. The Labute approximate surface area is 205 Å². The number of benzene rings is 2. The Balaban J connectivity index is 1.65. The normalized spacial score (nSPS) is 16.1. The van der Waals surface area contributed by atoms with Gasteiger partial charge in [0.25, 0.3) is 5.56 Å². The van der Waals surface area contributed by atoms with E-state index in [4.69, 9.17) is 0 Å². The van der Waals surface area contributed by atoms with Crippen LogP contribution in [0.1, 0.15) is 30.4 Å². The summed E-state index contributed by atoms with van der Waals surface area (Å²) in [7, 11) is 2.10. The average Bonchev–Trinajstić information content (AvgIpc) is 2.85. The molecule has 0 saturated carbocycles. The molecule has 0 bridgehead atoms. The zero-order chi connectivity index (χ0) is 24.4. The molecule has 7 heteroatoms. The number of hydrogen-bond donors (Lipinski definition) is 2. The van der Waals surface area contributed by atoms with Crippen molar-refractivity contribution in [3.63, 3.8) is 0 Å². The highest BCUT2D eigenvalue weighted by molar-refractivity contribution is 5.86. The number of rotatable bonds is 6. The van der Waals surface area contributed by atoms with Gasteiger partial charge in [0.15, 0.2) is 5.65 Å². The molecule has 1 fully saturated rings. The fourth-order valence-corrected chi connectivity index (χ4v) is 4.99. The lowest BCUT2D eigenvalue weighted by Crippen LogP contribution is -2.42. The maximum absolute atomic E-state index is 13.9. The molecule has 0 spiro atoms. The van der Waals surface area contributed by atoms with Gasteiger partial charge in [-0.15, -0.1) is 0 Å². The van der Waals surface area contributed by atoms with Crippen LogP contribution in [0.15, 0.2) is 65.8 Å². The maximum Gasteiger partial charge on any atom is 0.267 e. The van der Waals surface area contributed by atoms with Gasteiger partial charge in [0.1, 0.15) is 12.1 Å². The van der Waals surface area contributed by atoms with Gasteiger partial charge in [-0.3, -0.25) is 9.36 Å². The Kier molecular flexibility index (Phi) is 6.61. The van der Waals surface area contributed by atoms with Crippen LogP contribution in [0.4, 0.5) is 0 Å². The summed E-state index contributed by atoms with van der Waals surface area (Å²) in [6.45, 7) is 4.62. The van der Waals surface area contributed by atoms with Crippen molar-refractivity contribution in [2.75, 3.05) is 20.1 Å². The molecule has 4 aromatic rings. The molecule has 1 aliphatic heterocycles. The first-order valence-corrected chi connectivity index (χ1v) is 12.2. The molecule has 35 heavy (non-hydrogen) atoms. The van der Waals surface area contributed by atoms with Crippen LogP contribution < -0.4 is 10.9 Å². The number of pyridine rings is 1. The Morgan fingerprint density at radius 1 is 1.14 bits per heavy atom. The average molecular weight is 470 g/mol. The van der Waals surface area contributed by atoms with Crippen LogP contribution in [0.2, 0.25) is 0 Å². The predicted octanol–water partition coefficient (Wildman–Crippen LogP) is 4.04. The van der Waals surface area contributed by atoms with E-state index in [0.717, 1.165) is 41.8 Å². The van der Waals surface area contributed by atoms with Gasteiger partial charge in [0.2, 0.25) is 0 Å². The number of aryl methyl sites for hydroxylation is 1. The summed E-state index contributed by atoms with van der Waals surface area (Å²) >= 11 is 0. The van der Waals surface area contributed by atoms with Crippen molar-refractivity contribution in [2.45, 2.75) is 38.8 Å². The first-order valence-electron chi connectivity index (χ1n) is 12.2. The molecular weight excluding hydrogens is 438 g/mol. The van der Waals surface area contributed by atoms with Crippen LogP contribution >= 0.6 is 0 Å². The SMILES string of the molecule is Cc1cccc(-c2cnc3ncn(-c4cccc(O)c4)c(=O)c3c2CN(C)CC2CCCCN2)c1. The van der Waals surface area contributed by atoms with Gasteiger partial charge in [-0.2, -0.15) is 0 Å². The molecule has 2 aromatic carbocycles. The second-order valence-corrected chi connectivity index (χ2v) is 9.50. The number of hydrogen-bond acceptors (Lipinski definition) is 6. The van der Waals surface area contributed by atoms with E-state index in [-0.39, 0.29) is 11.3 Å². The van der Waals surface area contributed by atoms with E-state index in [2.05, 4.69) is 52.4 Å². The summed E-state index contributed by atoms with van der Waals surface area (Å²) in [6.07, 6.45) is 6.96. The van der Waals surface area contributed by atoms with Gasteiger partial charge in [0, 0.05) is 37.0 Å². The van der Waals surface area contributed by atoms with Crippen molar-refractivity contribution in [2.24, 2.45) is 0 Å². The van der Waals surface area contributed by atoms with Crippen molar-refractivity contribution in [1.82, 2.24) is 24.8 Å². The minimum atomic E-state index is -0.193. The minimum absolute atomic E-state index is 0.0982. The number of aromatic nitrogens is 3. The van der Waals surface area contributed by atoms with Crippen molar-refractivity contribution >= 4 is 11.0 Å². The zero-order valence-electron chi connectivity index (χ0n) is 20.2. The molecule has 1 unspecified atom stereocenters. The largest absolute Gasteiger partial charge is 0.508 e. The zero-order valence-corrected chi connectivity index (χ0v) is 20.2. The van der Waals surface area contributed by atoms with Crippen LogP contribution in [0.25, 0.3) is 27.8 Å². The predicted molar refractivity (Wildman–Crippen MR) is 139 cm³/mol. The standard InChI is InChI=1S/C28H31N5O2/c1-19-7-5-8-20(13-19)24-15-30-27-26(25(24)17-32(2)16-21-9-3-4-12-29-21)28(35)33(18-31-27)22-10-6-11-23(34)14-22/h5-8,10-11,13-15,18,21,29,34H,3-4,9,12,16-17H2,1-2H3. The molecule has 3 heterocycles. The highest BCUT2D eigenvalue weighted by Gasteiger charge is 2.20. The summed E-state index contributed by atoms with van der Waals surface area (Å²) in [4.78, 5) is 25.2. The van der Waals surface area contributed by atoms with E-state index in [9.17, 15) is 9.90 Å². The maximum atomic E-state index is 13.9. The van der Waals surface area contributed by atoms with Crippen LogP contribution in [0, 0.1) is 6.92 Å². The number of likely N-dealkylation sites (N-methyl/N-ethyl adjacent to an activating group) is 1. The highest BCUT2D eigenvalue weighted by Crippen LogP contribution is 2.29. The van der Waals surface area contributed by atoms with Gasteiger partial charge in [-0.1, -0.05) is 42.3 Å². The monoisotopic (exact) mass is 469 g/mol. The fraction of sp³-hybridized carbons (Fsp3) is 0.321. The lowest BCUT2D eigenvalue weighted by Gasteiger charge is -2.29. The third kappa shape index (κ3) is 4.97. The van der Waals surface area contributed by atoms with Crippen molar-refractivity contribution in [3.05, 3.63) is 82.5 Å². The lowest BCUT2D eigenvalue weighted by molar-refractivity contribution is 0.257. The highest BCUT2D eigenvalue weighted by atomic mass is 16.3. The summed E-state index contributed by atoms with van der Waals surface area (Å²) in [5.74, 6) is 0.0982. The van der Waals surface area contributed by atoms with Gasteiger partial charge >= 0.3 is 0 Å². The topological polar surface area (TPSA) is 83.3 Å². The Morgan fingerprint density at radius 2 is 2.00 bits per heavy atom. The van der Waals surface area contributed by atoms with E-state index in [1.54, 1.807) is 24.3 Å². The molecule has 0 aliphatic carbocycles. The van der Waals surface area contributed by atoms with E-state index >= 15 is 0 Å². The van der Waals surface area contributed by atoms with Gasteiger partial charge in [0.05, 0.1) is 11.1 Å². The number of fused-ring (bicyclic) bond motifs is 1. The summed E-state index contributed by atoms with van der Waals surface area (Å²) in [6, 6.07) is 15.4. The second-order valence-electron chi connectivity index (χ2n) is 9.50. The summed E-state index contributed by atoms with van der Waals surface area (Å²) < 4.78 is 1.48. The first kappa shape index (κ1) is 23.2. The van der Waals surface area contributed by atoms with E-state index < -0.39 is 0 Å². The van der Waals surface area contributed by atoms with Crippen LogP contribution in [0.3, 0.4) is 0 Å². The Hall–Kier alpha value is -3.55. The van der Waals surface area contributed by atoms with E-state index in [1.807, 2.05) is 12.3 Å². The molecule has 5 rings (SSSR count). The lowest BCUT2D eigenvalue weighted by atomic mass is 9.97. The van der Waals surface area contributed by atoms with E-state index in [0.29, 0.717) is 29.3 Å². The molecule has 0 amide bonds. The number of aromatic hydroxyl groups is 1. The molecule has 1 atom stereocenters. The fourth-order valence-electron chi connectivity index (χ4n) is 4.99. The van der Waals surface area contributed by atoms with Crippen LogP contribution in [-0.2, 0) is 6.54 Å². The molecule has 0 radical (unpaired) electrons. The molecule has 7 nitrogen and oxygen atoms in total. The molecule has 2 aromatic heterocycles. The number of phenols is 1. The second kappa shape index (κ2) is 9.98. The third-order valence-electron chi connectivity index (χ3n) is 6.70. The number of nitrogens with one attached hydrogen (secondary N) is 1. The number of piperidine rings is 1. The molecule has 1 saturated heterocycles. The smallest absolute Gasteiger partial charge is 0.267 e. The first-order chi connectivity index (χ1) is 17.0. The molecular formula is C28H31N5O2. The molecule has 180 valence electrons. The molecule has 2 N–H and O–H groups in total. The van der Waals surface area contributed by atoms with Crippen molar-refractivity contribution < 1.29 is 5.11 Å². The van der Waals surface area contributed by atoms with Gasteiger partial charge in [-0.25, -0.2) is 9.97 Å². The number of phenolic OH excluding ortho intramolecular Hbond substituents is 1. The number of nitrogens with zero attached hydrogens (tertiary/aromatic N) is 4. The summed E-state index contributed by atoms with van der Waals surface area (Å²) in [5, 5.41) is 14.1.